The summed E-state index contributed by atoms with van der Waals surface area (Å²) in [6.07, 6.45) is 0.347. The Morgan fingerprint density at radius 1 is 1.45 bits per heavy atom. The molecule has 6 nitrogen and oxygen atoms in total. The molecule has 0 heterocycles. The van der Waals surface area contributed by atoms with Crippen molar-refractivity contribution in [1.29, 1.82) is 0 Å². The van der Waals surface area contributed by atoms with Gasteiger partial charge in [0.1, 0.15) is 0 Å². The first kappa shape index (κ1) is 16.6. The molecule has 110 valence electrons. The summed E-state index contributed by atoms with van der Waals surface area (Å²) in [6.45, 7) is 4.62. The third-order valence-corrected chi connectivity index (χ3v) is 3.03. The highest BCUT2D eigenvalue weighted by Crippen LogP contribution is 2.22. The van der Waals surface area contributed by atoms with E-state index in [1.165, 1.54) is 6.07 Å². The van der Waals surface area contributed by atoms with Gasteiger partial charge >= 0.3 is 0 Å². The summed E-state index contributed by atoms with van der Waals surface area (Å²) in [4.78, 5) is 21.9. The van der Waals surface area contributed by atoms with Crippen LogP contribution in [0.5, 0.6) is 0 Å². The lowest BCUT2D eigenvalue weighted by molar-refractivity contribution is -0.385. The van der Waals surface area contributed by atoms with Gasteiger partial charge in [-0.05, 0) is 26.0 Å². The normalized spacial score (nSPS) is 10.6. The third-order valence-electron chi connectivity index (χ3n) is 2.53. The first-order chi connectivity index (χ1) is 9.40. The summed E-state index contributed by atoms with van der Waals surface area (Å²) < 4.78 is 0.789. The fourth-order valence-corrected chi connectivity index (χ4v) is 2.10. The number of rotatable bonds is 7. The summed E-state index contributed by atoms with van der Waals surface area (Å²) >= 11 is 3.29. The topological polar surface area (TPSA) is 84.3 Å². The Morgan fingerprint density at radius 2 is 2.15 bits per heavy atom. The number of carbonyl (C=O) groups excluding carboxylic acids is 1. The maximum atomic E-state index is 11.4. The van der Waals surface area contributed by atoms with E-state index in [1.54, 1.807) is 12.1 Å². The molecule has 0 saturated carbocycles. The first-order valence-corrected chi connectivity index (χ1v) is 7.12. The largest absolute Gasteiger partial charge is 0.354 e. The Kier molecular flexibility index (Phi) is 6.60. The molecule has 0 aromatic heterocycles. The van der Waals surface area contributed by atoms with Crippen molar-refractivity contribution < 1.29 is 9.72 Å². The van der Waals surface area contributed by atoms with Crippen molar-refractivity contribution in [2.75, 3.05) is 6.54 Å². The van der Waals surface area contributed by atoms with Crippen LogP contribution in [0.25, 0.3) is 0 Å². The molecule has 1 rings (SSSR count). The molecule has 2 N–H and O–H groups in total. The van der Waals surface area contributed by atoms with Gasteiger partial charge in [-0.15, -0.1) is 0 Å². The van der Waals surface area contributed by atoms with Gasteiger partial charge in [0.15, 0.2) is 0 Å². The van der Waals surface area contributed by atoms with Gasteiger partial charge < -0.3 is 10.6 Å². The lowest BCUT2D eigenvalue weighted by Crippen LogP contribution is -2.32. The molecule has 0 saturated heterocycles. The number of halogens is 1. The fourth-order valence-electron chi connectivity index (χ4n) is 1.69. The van der Waals surface area contributed by atoms with Crippen molar-refractivity contribution in [3.05, 3.63) is 38.3 Å². The van der Waals surface area contributed by atoms with E-state index in [1.807, 2.05) is 13.8 Å². The Hall–Kier alpha value is -1.47. The molecule has 7 heteroatoms. The van der Waals surface area contributed by atoms with Crippen LogP contribution in [0.15, 0.2) is 22.7 Å². The second-order valence-corrected chi connectivity index (χ2v) is 5.59. The van der Waals surface area contributed by atoms with Gasteiger partial charge in [-0.3, -0.25) is 14.9 Å². The van der Waals surface area contributed by atoms with Gasteiger partial charge in [0.25, 0.3) is 5.69 Å². The van der Waals surface area contributed by atoms with Crippen molar-refractivity contribution in [3.8, 4) is 0 Å². The highest BCUT2D eigenvalue weighted by atomic mass is 79.9. The maximum absolute atomic E-state index is 11.4. The molecule has 0 aliphatic heterocycles. The predicted molar refractivity (Wildman–Crippen MR) is 80.4 cm³/mol. The lowest BCUT2D eigenvalue weighted by Gasteiger charge is -2.09. The fraction of sp³-hybridized carbons (Fsp3) is 0.462. The standard InChI is InChI=1S/C13H18BrN3O3/c1-9(2)16-13(18)5-6-15-8-10-7-11(14)3-4-12(10)17(19)20/h3-4,7,9,15H,5-6,8H2,1-2H3,(H,16,18). The smallest absolute Gasteiger partial charge is 0.273 e. The number of hydrogen-bond acceptors (Lipinski definition) is 4. The van der Waals surface area contributed by atoms with Crippen molar-refractivity contribution in [2.45, 2.75) is 32.9 Å². The number of nitro groups is 1. The average Bonchev–Trinajstić information content (AvgIpc) is 2.33. The van der Waals surface area contributed by atoms with E-state index in [2.05, 4.69) is 26.6 Å². The van der Waals surface area contributed by atoms with Gasteiger partial charge in [0, 0.05) is 41.7 Å². The number of benzene rings is 1. The van der Waals surface area contributed by atoms with Crippen molar-refractivity contribution in [2.24, 2.45) is 0 Å². The van der Waals surface area contributed by atoms with Crippen LogP contribution in [-0.4, -0.2) is 23.4 Å². The number of amides is 1. The number of nitrogens with one attached hydrogen (secondary N) is 2. The van der Waals surface area contributed by atoms with Crippen LogP contribution in [0.1, 0.15) is 25.8 Å². The first-order valence-electron chi connectivity index (χ1n) is 6.33. The van der Waals surface area contributed by atoms with Gasteiger partial charge in [-0.25, -0.2) is 0 Å². The zero-order valence-electron chi connectivity index (χ0n) is 11.5. The Labute approximate surface area is 126 Å². The van der Waals surface area contributed by atoms with Crippen LogP contribution in [-0.2, 0) is 11.3 Å². The second kappa shape index (κ2) is 7.96. The summed E-state index contributed by atoms with van der Waals surface area (Å²) in [5, 5.41) is 16.7. The Balaban J connectivity index is 2.48. The number of nitrogens with zero attached hydrogens (tertiary/aromatic N) is 1. The van der Waals surface area contributed by atoms with Crippen LogP contribution >= 0.6 is 15.9 Å². The summed E-state index contributed by atoms with van der Waals surface area (Å²) in [6, 6.07) is 4.93. The molecular weight excluding hydrogens is 326 g/mol. The van der Waals surface area contributed by atoms with Crippen LogP contribution < -0.4 is 10.6 Å². The quantitative estimate of drug-likeness (QED) is 0.452. The van der Waals surface area contributed by atoms with E-state index in [0.29, 0.717) is 25.1 Å². The van der Waals surface area contributed by atoms with Gasteiger partial charge in [-0.2, -0.15) is 0 Å². The van der Waals surface area contributed by atoms with Crippen LogP contribution in [0.3, 0.4) is 0 Å². The average molecular weight is 344 g/mol. The molecule has 0 bridgehead atoms. The van der Waals surface area contributed by atoms with Crippen molar-refractivity contribution in [3.63, 3.8) is 0 Å². The molecule has 0 aliphatic carbocycles. The zero-order chi connectivity index (χ0) is 15.1. The zero-order valence-corrected chi connectivity index (χ0v) is 13.1. The molecule has 1 amide bonds. The maximum Gasteiger partial charge on any atom is 0.273 e. The summed E-state index contributed by atoms with van der Waals surface area (Å²) in [5.74, 6) is -0.0313. The van der Waals surface area contributed by atoms with E-state index in [-0.39, 0.29) is 17.6 Å². The summed E-state index contributed by atoms with van der Waals surface area (Å²) in [5.41, 5.74) is 0.668. The third kappa shape index (κ3) is 5.66. The highest BCUT2D eigenvalue weighted by Gasteiger charge is 2.13. The molecular formula is C13H18BrN3O3. The van der Waals surface area contributed by atoms with E-state index >= 15 is 0 Å². The van der Waals surface area contributed by atoms with Gasteiger partial charge in [0.2, 0.25) is 5.91 Å². The van der Waals surface area contributed by atoms with Gasteiger partial charge in [-0.1, -0.05) is 15.9 Å². The SMILES string of the molecule is CC(C)NC(=O)CCNCc1cc(Br)ccc1[N+](=O)[O-]. The Morgan fingerprint density at radius 3 is 2.75 bits per heavy atom. The Bertz CT molecular complexity index is 492. The molecule has 0 spiro atoms. The molecule has 0 atom stereocenters. The second-order valence-electron chi connectivity index (χ2n) is 4.68. The van der Waals surface area contributed by atoms with E-state index in [4.69, 9.17) is 0 Å². The lowest BCUT2D eigenvalue weighted by atomic mass is 10.2. The number of hydrogen-bond donors (Lipinski definition) is 2. The number of nitro benzene ring substituents is 1. The highest BCUT2D eigenvalue weighted by molar-refractivity contribution is 9.10. The molecule has 20 heavy (non-hydrogen) atoms. The van der Waals surface area contributed by atoms with E-state index in [9.17, 15) is 14.9 Å². The van der Waals surface area contributed by atoms with Crippen molar-refractivity contribution in [1.82, 2.24) is 10.6 Å². The molecule has 0 unspecified atom stereocenters. The van der Waals surface area contributed by atoms with Gasteiger partial charge in [0.05, 0.1) is 4.92 Å². The molecule has 1 aromatic rings. The molecule has 0 fully saturated rings. The monoisotopic (exact) mass is 343 g/mol. The molecule has 1 aromatic carbocycles. The van der Waals surface area contributed by atoms with E-state index in [0.717, 1.165) is 4.47 Å². The number of carbonyl (C=O) groups is 1. The minimum atomic E-state index is -0.408. The summed E-state index contributed by atoms with van der Waals surface area (Å²) in [7, 11) is 0. The minimum absolute atomic E-state index is 0.0313. The molecule has 0 radical (unpaired) electrons. The van der Waals surface area contributed by atoms with Crippen LogP contribution in [0.4, 0.5) is 5.69 Å². The minimum Gasteiger partial charge on any atom is -0.354 e. The van der Waals surface area contributed by atoms with E-state index < -0.39 is 4.92 Å². The predicted octanol–water partition coefficient (Wildman–Crippen LogP) is 2.36. The molecule has 0 aliphatic rings. The van der Waals surface area contributed by atoms with Crippen LogP contribution in [0, 0.1) is 10.1 Å². The van der Waals surface area contributed by atoms with Crippen LogP contribution in [0.2, 0.25) is 0 Å². The van der Waals surface area contributed by atoms with Crippen molar-refractivity contribution >= 4 is 27.5 Å².